The number of rotatable bonds is 8. The normalized spacial score (nSPS) is 13.6. The van der Waals surface area contributed by atoms with E-state index in [1.54, 1.807) is 0 Å². The van der Waals surface area contributed by atoms with Crippen LogP contribution in [0.1, 0.15) is 25.8 Å². The molecule has 2 N–H and O–H groups in total. The average molecular weight is 262 g/mol. The van der Waals surface area contributed by atoms with Crippen LogP contribution in [0.5, 0.6) is 5.75 Å². The molecule has 1 aromatic rings. The highest BCUT2D eigenvalue weighted by atomic mass is 16.5. The van der Waals surface area contributed by atoms with Gasteiger partial charge in [-0.2, -0.15) is 5.26 Å². The van der Waals surface area contributed by atoms with E-state index in [1.165, 1.54) is 0 Å². The van der Waals surface area contributed by atoms with E-state index in [0.717, 1.165) is 24.3 Å². The molecule has 1 rings (SSSR count). The van der Waals surface area contributed by atoms with Crippen molar-refractivity contribution in [3.63, 3.8) is 0 Å². The van der Waals surface area contributed by atoms with Gasteiger partial charge in [0.25, 0.3) is 0 Å². The fraction of sp³-hybridized carbons (Fsp3) is 0.533. The molecule has 104 valence electrons. The number of hydrogen-bond donors (Lipinski definition) is 2. The number of aliphatic hydroxyl groups excluding tert-OH is 1. The summed E-state index contributed by atoms with van der Waals surface area (Å²) >= 11 is 0. The van der Waals surface area contributed by atoms with Crippen molar-refractivity contribution < 1.29 is 9.84 Å². The van der Waals surface area contributed by atoms with Gasteiger partial charge in [-0.3, -0.25) is 5.32 Å². The van der Waals surface area contributed by atoms with Crippen LogP contribution in [0.2, 0.25) is 0 Å². The Kier molecular flexibility index (Phi) is 6.34. The first-order valence-electron chi connectivity index (χ1n) is 6.63. The molecule has 0 aliphatic carbocycles. The molecule has 19 heavy (non-hydrogen) atoms. The molecule has 0 bridgehead atoms. The zero-order valence-corrected chi connectivity index (χ0v) is 11.6. The SMILES string of the molecule is CCCNC(C)(C#N)COc1ccccc1CCO. The topological polar surface area (TPSA) is 65.3 Å². The minimum atomic E-state index is -0.692. The molecule has 0 aliphatic rings. The predicted octanol–water partition coefficient (Wildman–Crippen LogP) is 1.88. The van der Waals surface area contributed by atoms with E-state index in [2.05, 4.69) is 18.3 Å². The van der Waals surface area contributed by atoms with Crippen LogP contribution in [-0.4, -0.2) is 30.4 Å². The van der Waals surface area contributed by atoms with Crippen LogP contribution in [0.3, 0.4) is 0 Å². The lowest BCUT2D eigenvalue weighted by Gasteiger charge is -2.24. The van der Waals surface area contributed by atoms with Gasteiger partial charge in [0.15, 0.2) is 0 Å². The van der Waals surface area contributed by atoms with Gasteiger partial charge in [0.1, 0.15) is 17.9 Å². The number of hydrogen-bond acceptors (Lipinski definition) is 4. The Bertz CT molecular complexity index is 428. The van der Waals surface area contributed by atoms with Crippen LogP contribution in [-0.2, 0) is 6.42 Å². The van der Waals surface area contributed by atoms with Crippen molar-refractivity contribution in [1.29, 1.82) is 5.26 Å². The third-order valence-corrected chi connectivity index (χ3v) is 2.88. The lowest BCUT2D eigenvalue weighted by atomic mass is 10.1. The maximum Gasteiger partial charge on any atom is 0.138 e. The van der Waals surface area contributed by atoms with Crippen molar-refractivity contribution in [3.05, 3.63) is 29.8 Å². The van der Waals surface area contributed by atoms with Crippen LogP contribution < -0.4 is 10.1 Å². The van der Waals surface area contributed by atoms with Crippen molar-refractivity contribution in [1.82, 2.24) is 5.32 Å². The number of nitrogens with zero attached hydrogens (tertiary/aromatic N) is 1. The molecule has 0 spiro atoms. The highest BCUT2D eigenvalue weighted by molar-refractivity contribution is 5.33. The summed E-state index contributed by atoms with van der Waals surface area (Å²) in [5.41, 5.74) is 0.267. The first-order chi connectivity index (χ1) is 9.15. The van der Waals surface area contributed by atoms with Crippen molar-refractivity contribution in [2.24, 2.45) is 0 Å². The Morgan fingerprint density at radius 2 is 2.16 bits per heavy atom. The number of nitrogens with one attached hydrogen (secondary N) is 1. The summed E-state index contributed by atoms with van der Waals surface area (Å²) in [6, 6.07) is 9.84. The monoisotopic (exact) mass is 262 g/mol. The summed E-state index contributed by atoms with van der Waals surface area (Å²) in [7, 11) is 0. The Balaban J connectivity index is 2.67. The van der Waals surface area contributed by atoms with Crippen molar-refractivity contribution >= 4 is 0 Å². The quantitative estimate of drug-likeness (QED) is 0.751. The van der Waals surface area contributed by atoms with Gasteiger partial charge in [-0.05, 0) is 37.9 Å². The third-order valence-electron chi connectivity index (χ3n) is 2.88. The van der Waals surface area contributed by atoms with E-state index in [-0.39, 0.29) is 13.2 Å². The van der Waals surface area contributed by atoms with Gasteiger partial charge < -0.3 is 9.84 Å². The van der Waals surface area contributed by atoms with Gasteiger partial charge in [-0.25, -0.2) is 0 Å². The molecule has 1 unspecified atom stereocenters. The number of nitriles is 1. The number of para-hydroxylation sites is 1. The Hall–Kier alpha value is -1.57. The predicted molar refractivity (Wildman–Crippen MR) is 75.0 cm³/mol. The molecular formula is C15H22N2O2. The lowest BCUT2D eigenvalue weighted by molar-refractivity contribution is 0.230. The smallest absolute Gasteiger partial charge is 0.138 e. The second-order valence-corrected chi connectivity index (χ2v) is 4.74. The zero-order valence-electron chi connectivity index (χ0n) is 11.6. The van der Waals surface area contributed by atoms with Crippen LogP contribution in [0.15, 0.2) is 24.3 Å². The Morgan fingerprint density at radius 3 is 2.79 bits per heavy atom. The maximum absolute atomic E-state index is 9.23. The Labute approximate surface area is 115 Å². The molecular weight excluding hydrogens is 240 g/mol. The molecule has 4 nitrogen and oxygen atoms in total. The zero-order chi connectivity index (χ0) is 14.1. The standard InChI is InChI=1S/C15H22N2O2/c1-3-9-17-15(2,11-16)12-19-14-7-5-4-6-13(14)8-10-18/h4-7,17-18H,3,8-10,12H2,1-2H3. The second-order valence-electron chi connectivity index (χ2n) is 4.74. The van der Waals surface area contributed by atoms with Crippen molar-refractivity contribution in [2.45, 2.75) is 32.2 Å². The van der Waals surface area contributed by atoms with Crippen LogP contribution in [0, 0.1) is 11.3 Å². The molecule has 0 fully saturated rings. The highest BCUT2D eigenvalue weighted by Gasteiger charge is 2.24. The third kappa shape index (κ3) is 4.90. The molecule has 0 saturated carbocycles. The fourth-order valence-electron chi connectivity index (χ4n) is 1.72. The molecule has 0 amide bonds. The van der Waals surface area contributed by atoms with E-state index in [1.807, 2.05) is 31.2 Å². The van der Waals surface area contributed by atoms with Gasteiger partial charge in [-0.1, -0.05) is 25.1 Å². The molecule has 1 aromatic carbocycles. The summed E-state index contributed by atoms with van der Waals surface area (Å²) in [6.45, 7) is 5.04. The second kappa shape index (κ2) is 7.78. The first kappa shape index (κ1) is 15.5. The summed E-state index contributed by atoms with van der Waals surface area (Å²) in [4.78, 5) is 0. The van der Waals surface area contributed by atoms with Crippen LogP contribution in [0.4, 0.5) is 0 Å². The van der Waals surface area contributed by atoms with E-state index < -0.39 is 5.54 Å². The van der Waals surface area contributed by atoms with Gasteiger partial charge in [0, 0.05) is 6.61 Å². The average Bonchev–Trinajstić information content (AvgIpc) is 2.44. The van der Waals surface area contributed by atoms with Crippen molar-refractivity contribution in [3.8, 4) is 11.8 Å². The van der Waals surface area contributed by atoms with Gasteiger partial charge in [-0.15, -0.1) is 0 Å². The van der Waals surface area contributed by atoms with Gasteiger partial charge in [0.05, 0.1) is 6.07 Å². The van der Waals surface area contributed by atoms with Gasteiger partial charge >= 0.3 is 0 Å². The van der Waals surface area contributed by atoms with E-state index in [4.69, 9.17) is 9.84 Å². The lowest BCUT2D eigenvalue weighted by Crippen LogP contribution is -2.46. The summed E-state index contributed by atoms with van der Waals surface area (Å²) in [5, 5.41) is 21.4. The first-order valence-corrected chi connectivity index (χ1v) is 6.63. The van der Waals surface area contributed by atoms with Crippen molar-refractivity contribution in [2.75, 3.05) is 19.8 Å². The van der Waals surface area contributed by atoms with Crippen LogP contribution in [0.25, 0.3) is 0 Å². The summed E-state index contributed by atoms with van der Waals surface area (Å²) < 4.78 is 5.75. The molecule has 0 aliphatic heterocycles. The number of benzene rings is 1. The minimum Gasteiger partial charge on any atom is -0.490 e. The van der Waals surface area contributed by atoms with E-state index in [0.29, 0.717) is 6.42 Å². The fourth-order valence-corrected chi connectivity index (χ4v) is 1.72. The molecule has 4 heteroatoms. The largest absolute Gasteiger partial charge is 0.490 e. The molecule has 0 radical (unpaired) electrons. The molecule has 0 saturated heterocycles. The van der Waals surface area contributed by atoms with E-state index >= 15 is 0 Å². The van der Waals surface area contributed by atoms with E-state index in [9.17, 15) is 5.26 Å². The molecule has 1 atom stereocenters. The Morgan fingerprint density at radius 1 is 1.42 bits per heavy atom. The van der Waals surface area contributed by atoms with Gasteiger partial charge in [0.2, 0.25) is 0 Å². The molecule has 0 heterocycles. The number of ether oxygens (including phenoxy) is 1. The molecule has 0 aromatic heterocycles. The number of aliphatic hydroxyl groups is 1. The highest BCUT2D eigenvalue weighted by Crippen LogP contribution is 2.19. The van der Waals surface area contributed by atoms with Crippen LogP contribution >= 0.6 is 0 Å². The maximum atomic E-state index is 9.23. The summed E-state index contributed by atoms with van der Waals surface area (Å²) in [5.74, 6) is 0.733. The summed E-state index contributed by atoms with van der Waals surface area (Å²) in [6.07, 6.45) is 1.53. The minimum absolute atomic E-state index is 0.0873.